The van der Waals surface area contributed by atoms with Gasteiger partial charge in [0.05, 0.1) is 23.9 Å². The number of nitrogens with zero attached hydrogens (tertiary/aromatic N) is 2. The topological polar surface area (TPSA) is 106 Å². The summed E-state index contributed by atoms with van der Waals surface area (Å²) in [5.41, 5.74) is 0.316. The molecule has 0 aromatic carbocycles. The first-order chi connectivity index (χ1) is 13.0. The summed E-state index contributed by atoms with van der Waals surface area (Å²) in [7, 11) is 0. The highest BCUT2D eigenvalue weighted by Gasteiger charge is 2.47. The Labute approximate surface area is 161 Å². The van der Waals surface area contributed by atoms with Gasteiger partial charge in [-0.1, -0.05) is 24.4 Å². The quantitative estimate of drug-likeness (QED) is 0.448. The lowest BCUT2D eigenvalue weighted by molar-refractivity contribution is -0.148. The number of carbonyl (C=O) groups is 4. The van der Waals surface area contributed by atoms with Crippen LogP contribution in [0.15, 0.2) is 18.3 Å². The van der Waals surface area contributed by atoms with E-state index in [1.54, 1.807) is 12.1 Å². The van der Waals surface area contributed by atoms with Crippen molar-refractivity contribution in [3.05, 3.63) is 23.5 Å². The minimum Gasteiger partial charge on any atom is -0.456 e. The average molecular weight is 394 g/mol. The second-order valence-electron chi connectivity index (χ2n) is 6.63. The predicted octanol–water partition coefficient (Wildman–Crippen LogP) is 1.78. The van der Waals surface area contributed by atoms with E-state index in [1.165, 1.54) is 6.20 Å². The number of hydrogen-bond acceptors (Lipinski definition) is 6. The van der Waals surface area contributed by atoms with Crippen molar-refractivity contribution < 1.29 is 23.9 Å². The van der Waals surface area contributed by atoms with E-state index in [-0.39, 0.29) is 41.8 Å². The molecular formula is C18H20ClN3O5. The highest BCUT2D eigenvalue weighted by Crippen LogP contribution is 2.37. The average Bonchev–Trinajstić information content (AvgIpc) is 2.91. The number of ether oxygens (including phenoxy) is 1. The fraction of sp³-hybridized carbons (Fsp3) is 0.500. The van der Waals surface area contributed by atoms with Crippen molar-refractivity contribution in [1.82, 2.24) is 9.88 Å². The van der Waals surface area contributed by atoms with Gasteiger partial charge in [0.1, 0.15) is 0 Å². The molecule has 9 heteroatoms. The third-order valence-corrected chi connectivity index (χ3v) is 5.17. The van der Waals surface area contributed by atoms with Gasteiger partial charge in [-0.25, -0.2) is 4.98 Å². The van der Waals surface area contributed by atoms with Gasteiger partial charge in [0.2, 0.25) is 11.8 Å². The minimum atomic E-state index is -0.655. The van der Waals surface area contributed by atoms with Gasteiger partial charge in [-0.2, -0.15) is 0 Å². The number of aromatic nitrogens is 1. The molecule has 1 saturated carbocycles. The molecule has 1 N–H and O–H groups in total. The molecule has 2 atom stereocenters. The van der Waals surface area contributed by atoms with Crippen LogP contribution in [-0.4, -0.2) is 46.7 Å². The van der Waals surface area contributed by atoms with Crippen LogP contribution in [-0.2, 0) is 23.9 Å². The summed E-state index contributed by atoms with van der Waals surface area (Å²) in [6, 6.07) is 3.17. The molecule has 0 radical (unpaired) electrons. The van der Waals surface area contributed by atoms with E-state index in [1.807, 2.05) is 0 Å². The molecule has 8 nitrogen and oxygen atoms in total. The van der Waals surface area contributed by atoms with Crippen LogP contribution >= 0.6 is 11.6 Å². The molecule has 0 spiro atoms. The van der Waals surface area contributed by atoms with Crippen LogP contribution in [0.5, 0.6) is 0 Å². The Kier molecular flexibility index (Phi) is 6.05. The molecule has 27 heavy (non-hydrogen) atoms. The van der Waals surface area contributed by atoms with Gasteiger partial charge >= 0.3 is 5.97 Å². The maximum atomic E-state index is 12.3. The van der Waals surface area contributed by atoms with Crippen LogP contribution in [0.1, 0.15) is 32.1 Å². The Hall–Kier alpha value is -2.48. The third kappa shape index (κ3) is 4.44. The number of hydrogen-bond donors (Lipinski definition) is 1. The number of esters is 1. The van der Waals surface area contributed by atoms with Gasteiger partial charge in [-0.05, 0) is 25.0 Å². The number of likely N-dealkylation sites (tertiary alicyclic amines) is 1. The first-order valence-corrected chi connectivity index (χ1v) is 9.26. The number of rotatable bonds is 6. The molecule has 3 amide bonds. The summed E-state index contributed by atoms with van der Waals surface area (Å²) in [4.78, 5) is 53.3. The van der Waals surface area contributed by atoms with E-state index in [9.17, 15) is 19.2 Å². The number of carbonyl (C=O) groups excluding carboxylic acids is 4. The van der Waals surface area contributed by atoms with Crippen molar-refractivity contribution in [2.45, 2.75) is 32.1 Å². The van der Waals surface area contributed by atoms with Gasteiger partial charge < -0.3 is 10.1 Å². The van der Waals surface area contributed by atoms with Gasteiger partial charge in [0, 0.05) is 12.7 Å². The van der Waals surface area contributed by atoms with Gasteiger partial charge in [-0.3, -0.25) is 24.1 Å². The molecule has 0 unspecified atom stereocenters. The van der Waals surface area contributed by atoms with Crippen LogP contribution in [0.2, 0.25) is 5.15 Å². The molecule has 1 aromatic rings. The summed E-state index contributed by atoms with van der Waals surface area (Å²) >= 11 is 5.83. The molecule has 1 aliphatic carbocycles. The number of halogens is 1. The van der Waals surface area contributed by atoms with Gasteiger partial charge in [-0.15, -0.1) is 0 Å². The van der Waals surface area contributed by atoms with Crippen LogP contribution in [0.4, 0.5) is 5.69 Å². The number of amides is 3. The van der Waals surface area contributed by atoms with Crippen molar-refractivity contribution in [3.63, 3.8) is 0 Å². The van der Waals surface area contributed by atoms with E-state index in [2.05, 4.69) is 10.3 Å². The van der Waals surface area contributed by atoms with Crippen LogP contribution in [0.3, 0.4) is 0 Å². The first kappa shape index (κ1) is 19.3. The molecule has 2 heterocycles. The van der Waals surface area contributed by atoms with Gasteiger partial charge in [0.15, 0.2) is 11.8 Å². The first-order valence-electron chi connectivity index (χ1n) is 8.88. The summed E-state index contributed by atoms with van der Waals surface area (Å²) in [5.74, 6) is -2.08. The number of imide groups is 1. The fourth-order valence-electron chi connectivity index (χ4n) is 3.54. The van der Waals surface area contributed by atoms with Crippen molar-refractivity contribution in [2.24, 2.45) is 11.8 Å². The molecule has 144 valence electrons. The Balaban J connectivity index is 1.43. The molecule has 1 saturated heterocycles. The highest BCUT2D eigenvalue weighted by atomic mass is 35.5. The Morgan fingerprint density at radius 3 is 2.52 bits per heavy atom. The van der Waals surface area contributed by atoms with Crippen LogP contribution < -0.4 is 5.32 Å². The highest BCUT2D eigenvalue weighted by molar-refractivity contribution is 6.32. The summed E-state index contributed by atoms with van der Waals surface area (Å²) in [6.45, 7) is -0.503. The molecule has 1 aliphatic heterocycles. The molecule has 0 bridgehead atoms. The zero-order chi connectivity index (χ0) is 19.4. The predicted molar refractivity (Wildman–Crippen MR) is 95.6 cm³/mol. The van der Waals surface area contributed by atoms with Crippen LogP contribution in [0.25, 0.3) is 0 Å². The number of pyridine rings is 1. The Morgan fingerprint density at radius 2 is 1.89 bits per heavy atom. The van der Waals surface area contributed by atoms with E-state index in [4.69, 9.17) is 16.3 Å². The Bertz CT molecular complexity index is 745. The number of fused-ring (bicyclic) bond motifs is 1. The van der Waals surface area contributed by atoms with E-state index >= 15 is 0 Å². The largest absolute Gasteiger partial charge is 0.456 e. The zero-order valence-corrected chi connectivity index (χ0v) is 15.4. The van der Waals surface area contributed by atoms with Crippen LogP contribution in [0, 0.1) is 11.8 Å². The van der Waals surface area contributed by atoms with E-state index in [0.29, 0.717) is 5.69 Å². The van der Waals surface area contributed by atoms with Gasteiger partial charge in [0.25, 0.3) is 5.91 Å². The minimum absolute atomic E-state index is 0.0143. The molecule has 2 aliphatic rings. The SMILES string of the molecule is O=C(COC(=O)CCN1C(=O)[C@H]2CCCC[C@@H]2C1=O)Nc1cccnc1Cl. The molecular weight excluding hydrogens is 374 g/mol. The lowest BCUT2D eigenvalue weighted by Crippen LogP contribution is -2.33. The maximum Gasteiger partial charge on any atom is 0.308 e. The molecule has 1 aromatic heterocycles. The summed E-state index contributed by atoms with van der Waals surface area (Å²) in [6.07, 6.45) is 4.70. The third-order valence-electron chi connectivity index (χ3n) is 4.87. The number of nitrogens with one attached hydrogen (secondary N) is 1. The second kappa shape index (κ2) is 8.47. The zero-order valence-electron chi connectivity index (χ0n) is 14.7. The van der Waals surface area contributed by atoms with E-state index in [0.717, 1.165) is 30.6 Å². The Morgan fingerprint density at radius 1 is 1.22 bits per heavy atom. The standard InChI is InChI=1S/C18H20ClN3O5/c19-16-13(6-3-8-20-16)21-14(23)10-27-15(24)7-9-22-17(25)11-4-1-2-5-12(11)18(22)26/h3,6,8,11-12H,1-2,4-5,7,9-10H2,(H,21,23)/t11-,12-/m0/s1. The number of anilines is 1. The second-order valence-corrected chi connectivity index (χ2v) is 6.98. The van der Waals surface area contributed by atoms with Crippen molar-refractivity contribution in [3.8, 4) is 0 Å². The molecule has 3 rings (SSSR count). The maximum absolute atomic E-state index is 12.3. The van der Waals surface area contributed by atoms with Crippen molar-refractivity contribution in [2.75, 3.05) is 18.5 Å². The summed E-state index contributed by atoms with van der Waals surface area (Å²) < 4.78 is 4.90. The van der Waals surface area contributed by atoms with Crippen molar-refractivity contribution >= 4 is 41.0 Å². The van der Waals surface area contributed by atoms with Crippen molar-refractivity contribution in [1.29, 1.82) is 0 Å². The normalized spacial score (nSPS) is 21.7. The lowest BCUT2D eigenvalue weighted by atomic mass is 9.81. The molecule has 2 fully saturated rings. The van der Waals surface area contributed by atoms with E-state index < -0.39 is 18.5 Å². The fourth-order valence-corrected chi connectivity index (χ4v) is 3.70. The monoisotopic (exact) mass is 393 g/mol. The smallest absolute Gasteiger partial charge is 0.308 e. The summed E-state index contributed by atoms with van der Waals surface area (Å²) in [5, 5.41) is 2.61. The lowest BCUT2D eigenvalue weighted by Gasteiger charge is -2.19.